The van der Waals surface area contributed by atoms with Crippen LogP contribution < -0.4 is 4.90 Å². The Labute approximate surface area is 105 Å². The van der Waals surface area contributed by atoms with E-state index in [0.29, 0.717) is 6.54 Å². The van der Waals surface area contributed by atoms with Crippen molar-refractivity contribution in [1.29, 1.82) is 0 Å². The summed E-state index contributed by atoms with van der Waals surface area (Å²) in [6.07, 6.45) is 0. The molecule has 2 heteroatoms. The van der Waals surface area contributed by atoms with Gasteiger partial charge in [0.2, 0.25) is 5.91 Å². The molecule has 0 aliphatic carbocycles. The van der Waals surface area contributed by atoms with E-state index >= 15 is 0 Å². The first kappa shape index (κ1) is 13.8. The zero-order valence-corrected chi connectivity index (χ0v) is 11.8. The fourth-order valence-electron chi connectivity index (χ4n) is 1.84. The molecule has 0 unspecified atom stereocenters. The molecule has 1 amide bonds. The third-order valence-corrected chi connectivity index (χ3v) is 2.86. The third-order valence-electron chi connectivity index (χ3n) is 2.86. The molecule has 0 aliphatic rings. The minimum Gasteiger partial charge on any atom is -0.312 e. The zero-order valence-electron chi connectivity index (χ0n) is 11.8. The number of anilines is 1. The first-order valence-corrected chi connectivity index (χ1v) is 6.16. The van der Waals surface area contributed by atoms with Crippen LogP contribution in [-0.2, 0) is 4.79 Å². The van der Waals surface area contributed by atoms with Crippen LogP contribution in [0, 0.1) is 19.3 Å². The smallest absolute Gasteiger partial charge is 0.232 e. The van der Waals surface area contributed by atoms with Gasteiger partial charge in [0, 0.05) is 17.6 Å². The summed E-state index contributed by atoms with van der Waals surface area (Å²) in [5, 5.41) is 0. The minimum atomic E-state index is -0.341. The Morgan fingerprint density at radius 3 is 2.29 bits per heavy atom. The lowest BCUT2D eigenvalue weighted by molar-refractivity contribution is -0.125. The maximum Gasteiger partial charge on any atom is 0.232 e. The predicted octanol–water partition coefficient (Wildman–Crippen LogP) is 3.70. The van der Waals surface area contributed by atoms with Gasteiger partial charge in [-0.3, -0.25) is 4.79 Å². The SMILES string of the molecule is CCN(C(=O)C(C)(C)C)c1cc(C)ccc1C. The summed E-state index contributed by atoms with van der Waals surface area (Å²) in [6, 6.07) is 6.24. The number of rotatable bonds is 2. The summed E-state index contributed by atoms with van der Waals surface area (Å²) in [6.45, 7) is 12.7. The minimum absolute atomic E-state index is 0.175. The normalized spacial score (nSPS) is 11.4. The van der Waals surface area contributed by atoms with Gasteiger partial charge in [0.25, 0.3) is 0 Å². The second-order valence-corrected chi connectivity index (χ2v) is 5.59. The largest absolute Gasteiger partial charge is 0.312 e. The topological polar surface area (TPSA) is 20.3 Å². The van der Waals surface area contributed by atoms with Crippen LogP contribution in [0.3, 0.4) is 0 Å². The van der Waals surface area contributed by atoms with E-state index in [2.05, 4.69) is 25.1 Å². The van der Waals surface area contributed by atoms with Crippen LogP contribution in [0.1, 0.15) is 38.8 Å². The Bertz CT molecular complexity index is 415. The second kappa shape index (κ2) is 4.91. The molecule has 0 aliphatic heterocycles. The maximum absolute atomic E-state index is 12.4. The van der Waals surface area contributed by atoms with Crippen molar-refractivity contribution in [2.75, 3.05) is 11.4 Å². The molecule has 1 aromatic carbocycles. The van der Waals surface area contributed by atoms with Crippen molar-refractivity contribution < 1.29 is 4.79 Å². The fraction of sp³-hybridized carbons (Fsp3) is 0.533. The summed E-state index contributed by atoms with van der Waals surface area (Å²) < 4.78 is 0. The number of aryl methyl sites for hydroxylation is 2. The third kappa shape index (κ3) is 3.09. The molecule has 0 N–H and O–H groups in total. The Hall–Kier alpha value is -1.31. The van der Waals surface area contributed by atoms with Gasteiger partial charge in [-0.15, -0.1) is 0 Å². The van der Waals surface area contributed by atoms with Crippen LogP contribution in [0.25, 0.3) is 0 Å². The van der Waals surface area contributed by atoms with E-state index < -0.39 is 0 Å². The first-order chi connectivity index (χ1) is 7.77. The highest BCUT2D eigenvalue weighted by atomic mass is 16.2. The first-order valence-electron chi connectivity index (χ1n) is 6.16. The number of amides is 1. The molecule has 17 heavy (non-hydrogen) atoms. The molecule has 0 aromatic heterocycles. The van der Waals surface area contributed by atoms with E-state index in [-0.39, 0.29) is 11.3 Å². The molecule has 94 valence electrons. The van der Waals surface area contributed by atoms with E-state index in [0.717, 1.165) is 11.3 Å². The van der Waals surface area contributed by atoms with E-state index in [1.165, 1.54) is 5.56 Å². The Kier molecular flexibility index (Phi) is 3.97. The van der Waals surface area contributed by atoms with Gasteiger partial charge in [0.15, 0.2) is 0 Å². The maximum atomic E-state index is 12.4. The number of benzene rings is 1. The van der Waals surface area contributed by atoms with E-state index in [1.807, 2.05) is 39.5 Å². The van der Waals surface area contributed by atoms with Gasteiger partial charge in [-0.05, 0) is 38.0 Å². The van der Waals surface area contributed by atoms with Crippen molar-refractivity contribution in [3.63, 3.8) is 0 Å². The van der Waals surface area contributed by atoms with Gasteiger partial charge in [0.1, 0.15) is 0 Å². The standard InChI is InChI=1S/C15H23NO/c1-7-16(14(17)15(4,5)6)13-10-11(2)8-9-12(13)3/h8-10H,7H2,1-6H3. The fourth-order valence-corrected chi connectivity index (χ4v) is 1.84. The second-order valence-electron chi connectivity index (χ2n) is 5.59. The number of hydrogen-bond donors (Lipinski definition) is 0. The molecule has 0 saturated heterocycles. The highest BCUT2D eigenvalue weighted by molar-refractivity contribution is 5.97. The summed E-state index contributed by atoms with van der Waals surface area (Å²) >= 11 is 0. The van der Waals surface area contributed by atoms with Crippen LogP contribution in [0.4, 0.5) is 5.69 Å². The zero-order chi connectivity index (χ0) is 13.2. The Morgan fingerprint density at radius 1 is 1.24 bits per heavy atom. The molecule has 0 heterocycles. The molecule has 1 aromatic rings. The number of carbonyl (C=O) groups is 1. The Morgan fingerprint density at radius 2 is 1.82 bits per heavy atom. The van der Waals surface area contributed by atoms with Crippen molar-refractivity contribution in [3.8, 4) is 0 Å². The predicted molar refractivity (Wildman–Crippen MR) is 73.4 cm³/mol. The molecular formula is C15H23NO. The van der Waals surface area contributed by atoms with Gasteiger partial charge in [-0.25, -0.2) is 0 Å². The molecule has 0 radical (unpaired) electrons. The molecule has 0 bridgehead atoms. The number of nitrogens with zero attached hydrogens (tertiary/aromatic N) is 1. The quantitative estimate of drug-likeness (QED) is 0.762. The van der Waals surface area contributed by atoms with Crippen LogP contribution in [0.15, 0.2) is 18.2 Å². The monoisotopic (exact) mass is 233 g/mol. The molecule has 2 nitrogen and oxygen atoms in total. The molecule has 0 spiro atoms. The van der Waals surface area contributed by atoms with Crippen LogP contribution in [0.2, 0.25) is 0 Å². The molecule has 1 rings (SSSR count). The number of hydrogen-bond acceptors (Lipinski definition) is 1. The van der Waals surface area contributed by atoms with Crippen molar-refractivity contribution in [1.82, 2.24) is 0 Å². The highest BCUT2D eigenvalue weighted by Gasteiger charge is 2.27. The van der Waals surface area contributed by atoms with E-state index in [9.17, 15) is 4.79 Å². The molecule has 0 saturated carbocycles. The summed E-state index contributed by atoms with van der Waals surface area (Å²) in [4.78, 5) is 14.3. The van der Waals surface area contributed by atoms with Crippen molar-refractivity contribution >= 4 is 11.6 Å². The van der Waals surface area contributed by atoms with Gasteiger partial charge in [-0.2, -0.15) is 0 Å². The molecule has 0 fully saturated rings. The van der Waals surface area contributed by atoms with Gasteiger partial charge >= 0.3 is 0 Å². The van der Waals surface area contributed by atoms with Crippen molar-refractivity contribution in [3.05, 3.63) is 29.3 Å². The van der Waals surface area contributed by atoms with Gasteiger partial charge < -0.3 is 4.90 Å². The van der Waals surface area contributed by atoms with Gasteiger partial charge in [-0.1, -0.05) is 32.9 Å². The van der Waals surface area contributed by atoms with Gasteiger partial charge in [0.05, 0.1) is 0 Å². The Balaban J connectivity index is 3.18. The van der Waals surface area contributed by atoms with Crippen LogP contribution >= 0.6 is 0 Å². The van der Waals surface area contributed by atoms with Crippen molar-refractivity contribution in [2.24, 2.45) is 5.41 Å². The summed E-state index contributed by atoms with van der Waals surface area (Å²) in [7, 11) is 0. The highest BCUT2D eigenvalue weighted by Crippen LogP contribution is 2.26. The lowest BCUT2D eigenvalue weighted by atomic mass is 9.94. The van der Waals surface area contributed by atoms with E-state index in [1.54, 1.807) is 0 Å². The lowest BCUT2D eigenvalue weighted by Crippen LogP contribution is -2.39. The average molecular weight is 233 g/mol. The summed E-state index contributed by atoms with van der Waals surface area (Å²) in [5.74, 6) is 0.175. The molecule has 0 atom stereocenters. The average Bonchev–Trinajstić information content (AvgIpc) is 2.22. The van der Waals surface area contributed by atoms with Crippen molar-refractivity contribution in [2.45, 2.75) is 41.5 Å². The van der Waals surface area contributed by atoms with Crippen LogP contribution in [0.5, 0.6) is 0 Å². The van der Waals surface area contributed by atoms with Crippen LogP contribution in [-0.4, -0.2) is 12.5 Å². The van der Waals surface area contributed by atoms with E-state index in [4.69, 9.17) is 0 Å². The lowest BCUT2D eigenvalue weighted by Gasteiger charge is -2.30. The molecular weight excluding hydrogens is 210 g/mol. The number of carbonyl (C=O) groups excluding carboxylic acids is 1. The summed E-state index contributed by atoms with van der Waals surface area (Å²) in [5.41, 5.74) is 3.03.